The maximum absolute atomic E-state index is 5.95. The van der Waals surface area contributed by atoms with Crippen LogP contribution < -0.4 is 5.32 Å². The van der Waals surface area contributed by atoms with Gasteiger partial charge in [0, 0.05) is 24.8 Å². The van der Waals surface area contributed by atoms with Crippen LogP contribution in [0.3, 0.4) is 0 Å². The van der Waals surface area contributed by atoms with Gasteiger partial charge in [-0.2, -0.15) is 0 Å². The molecule has 0 bridgehead atoms. The highest BCUT2D eigenvalue weighted by Crippen LogP contribution is 2.24. The number of nitrogens with one attached hydrogen (secondary N) is 1. The molecule has 1 aromatic carbocycles. The van der Waals surface area contributed by atoms with Gasteiger partial charge in [-0.1, -0.05) is 30.1 Å². The smallest absolute Gasteiger partial charge is 0.0612 e. The molecular weight excluding hydrogens is 255 g/mol. The average molecular weight is 275 g/mol. The van der Waals surface area contributed by atoms with Crippen molar-refractivity contribution >= 4 is 28.9 Å². The number of rotatable bonds is 6. The minimum Gasteiger partial charge on any atom is -0.384 e. The standard InChI is InChI=1S/C13H20Cl2N2/c1-4-17(10(2)3)8-7-16-11-5-6-12(14)13(15)9-11/h5-6,9-10,16H,4,7-8H2,1-3H3. The van der Waals surface area contributed by atoms with Gasteiger partial charge in [-0.3, -0.25) is 4.90 Å². The lowest BCUT2D eigenvalue weighted by atomic mass is 10.3. The number of hydrogen-bond donors (Lipinski definition) is 1. The number of halogens is 2. The quantitative estimate of drug-likeness (QED) is 0.839. The highest BCUT2D eigenvalue weighted by atomic mass is 35.5. The summed E-state index contributed by atoms with van der Waals surface area (Å²) >= 11 is 11.8. The Labute approximate surface area is 114 Å². The lowest BCUT2D eigenvalue weighted by molar-refractivity contribution is 0.243. The molecule has 0 aromatic heterocycles. The van der Waals surface area contributed by atoms with E-state index < -0.39 is 0 Å². The molecule has 0 amide bonds. The molecule has 1 rings (SSSR count). The topological polar surface area (TPSA) is 15.3 Å². The Morgan fingerprint density at radius 1 is 1.24 bits per heavy atom. The van der Waals surface area contributed by atoms with Gasteiger partial charge in [0.2, 0.25) is 0 Å². The van der Waals surface area contributed by atoms with Crippen LogP contribution in [0.2, 0.25) is 10.0 Å². The van der Waals surface area contributed by atoms with Crippen LogP contribution in [0.15, 0.2) is 18.2 Å². The third-order valence-corrected chi connectivity index (χ3v) is 3.52. The molecule has 0 fully saturated rings. The van der Waals surface area contributed by atoms with Crippen LogP contribution in [0.5, 0.6) is 0 Å². The van der Waals surface area contributed by atoms with E-state index in [1.54, 1.807) is 0 Å². The van der Waals surface area contributed by atoms with Gasteiger partial charge < -0.3 is 5.32 Å². The van der Waals surface area contributed by atoms with E-state index >= 15 is 0 Å². The summed E-state index contributed by atoms with van der Waals surface area (Å²) in [5.41, 5.74) is 1.01. The number of anilines is 1. The fourth-order valence-corrected chi connectivity index (χ4v) is 2.03. The van der Waals surface area contributed by atoms with E-state index in [2.05, 4.69) is 31.0 Å². The molecule has 0 spiro atoms. The number of nitrogens with zero attached hydrogens (tertiary/aromatic N) is 1. The van der Waals surface area contributed by atoms with E-state index in [0.717, 1.165) is 25.3 Å². The third kappa shape index (κ3) is 4.74. The molecule has 0 atom stereocenters. The molecule has 1 N–H and O–H groups in total. The molecular formula is C13H20Cl2N2. The van der Waals surface area contributed by atoms with Crippen LogP contribution in [0.4, 0.5) is 5.69 Å². The zero-order valence-corrected chi connectivity index (χ0v) is 12.1. The van der Waals surface area contributed by atoms with Gasteiger partial charge in [0.05, 0.1) is 10.0 Å². The highest BCUT2D eigenvalue weighted by molar-refractivity contribution is 6.42. The minimum atomic E-state index is 0.579. The lowest BCUT2D eigenvalue weighted by Crippen LogP contribution is -2.34. The Bertz CT molecular complexity index is 353. The molecule has 0 aliphatic heterocycles. The number of hydrogen-bond acceptors (Lipinski definition) is 2. The van der Waals surface area contributed by atoms with Gasteiger partial charge in [0.1, 0.15) is 0 Å². The summed E-state index contributed by atoms with van der Waals surface area (Å²) in [6, 6.07) is 6.19. The molecule has 96 valence electrons. The molecule has 4 heteroatoms. The van der Waals surface area contributed by atoms with Crippen molar-refractivity contribution in [1.82, 2.24) is 4.90 Å². The molecule has 0 saturated carbocycles. The zero-order chi connectivity index (χ0) is 12.8. The van der Waals surface area contributed by atoms with Crippen molar-refractivity contribution < 1.29 is 0 Å². The normalized spacial score (nSPS) is 11.2. The van der Waals surface area contributed by atoms with Crippen LogP contribution in [0, 0.1) is 0 Å². The monoisotopic (exact) mass is 274 g/mol. The van der Waals surface area contributed by atoms with Crippen molar-refractivity contribution in [3.8, 4) is 0 Å². The van der Waals surface area contributed by atoms with Crippen LogP contribution >= 0.6 is 23.2 Å². The fourth-order valence-electron chi connectivity index (χ4n) is 1.73. The molecule has 0 saturated heterocycles. The predicted molar refractivity (Wildman–Crippen MR) is 77.3 cm³/mol. The van der Waals surface area contributed by atoms with Gasteiger partial charge in [-0.05, 0) is 38.6 Å². The third-order valence-electron chi connectivity index (χ3n) is 2.78. The first-order chi connectivity index (χ1) is 8.04. The molecule has 0 radical (unpaired) electrons. The first kappa shape index (κ1) is 14.6. The van der Waals surface area contributed by atoms with Crippen molar-refractivity contribution in [3.63, 3.8) is 0 Å². The van der Waals surface area contributed by atoms with E-state index in [1.807, 2.05) is 18.2 Å². The summed E-state index contributed by atoms with van der Waals surface area (Å²) in [7, 11) is 0. The fraction of sp³-hybridized carbons (Fsp3) is 0.538. The van der Waals surface area contributed by atoms with Crippen molar-refractivity contribution in [2.75, 3.05) is 25.0 Å². The van der Waals surface area contributed by atoms with E-state index in [4.69, 9.17) is 23.2 Å². The van der Waals surface area contributed by atoms with Crippen molar-refractivity contribution in [2.45, 2.75) is 26.8 Å². The van der Waals surface area contributed by atoms with Crippen molar-refractivity contribution in [2.24, 2.45) is 0 Å². The predicted octanol–water partition coefficient (Wildman–Crippen LogP) is 4.14. The lowest BCUT2D eigenvalue weighted by Gasteiger charge is -2.24. The molecule has 2 nitrogen and oxygen atoms in total. The molecule has 0 unspecified atom stereocenters. The van der Waals surface area contributed by atoms with Crippen LogP contribution in [0.25, 0.3) is 0 Å². The first-order valence-electron chi connectivity index (χ1n) is 5.97. The summed E-state index contributed by atoms with van der Waals surface area (Å²) < 4.78 is 0. The Kier molecular flexibility index (Phi) is 6.10. The Balaban J connectivity index is 2.42. The van der Waals surface area contributed by atoms with Crippen LogP contribution in [0.1, 0.15) is 20.8 Å². The molecule has 0 aliphatic carbocycles. The van der Waals surface area contributed by atoms with Gasteiger partial charge >= 0.3 is 0 Å². The van der Waals surface area contributed by atoms with Gasteiger partial charge in [0.25, 0.3) is 0 Å². The van der Waals surface area contributed by atoms with Crippen LogP contribution in [-0.2, 0) is 0 Å². The van der Waals surface area contributed by atoms with E-state index in [0.29, 0.717) is 16.1 Å². The van der Waals surface area contributed by atoms with Gasteiger partial charge in [-0.15, -0.1) is 0 Å². The number of likely N-dealkylation sites (N-methyl/N-ethyl adjacent to an activating group) is 1. The van der Waals surface area contributed by atoms with Crippen molar-refractivity contribution in [1.29, 1.82) is 0 Å². The number of benzene rings is 1. The average Bonchev–Trinajstić information content (AvgIpc) is 2.28. The second kappa shape index (κ2) is 7.10. The molecule has 17 heavy (non-hydrogen) atoms. The Morgan fingerprint density at radius 3 is 2.47 bits per heavy atom. The van der Waals surface area contributed by atoms with E-state index in [-0.39, 0.29) is 0 Å². The van der Waals surface area contributed by atoms with Crippen LogP contribution in [-0.4, -0.2) is 30.6 Å². The van der Waals surface area contributed by atoms with Crippen molar-refractivity contribution in [3.05, 3.63) is 28.2 Å². The Morgan fingerprint density at radius 2 is 1.94 bits per heavy atom. The zero-order valence-electron chi connectivity index (χ0n) is 10.6. The first-order valence-corrected chi connectivity index (χ1v) is 6.73. The molecule has 1 aromatic rings. The summed E-state index contributed by atoms with van der Waals surface area (Å²) in [6.45, 7) is 9.60. The van der Waals surface area contributed by atoms with Gasteiger partial charge in [0.15, 0.2) is 0 Å². The molecule has 0 aliphatic rings. The maximum atomic E-state index is 5.95. The van der Waals surface area contributed by atoms with E-state index in [9.17, 15) is 0 Å². The summed E-state index contributed by atoms with van der Waals surface area (Å²) in [5, 5.41) is 4.53. The summed E-state index contributed by atoms with van der Waals surface area (Å²) in [5.74, 6) is 0. The second-order valence-electron chi connectivity index (χ2n) is 4.28. The van der Waals surface area contributed by atoms with E-state index in [1.165, 1.54) is 0 Å². The summed E-state index contributed by atoms with van der Waals surface area (Å²) in [4.78, 5) is 2.41. The van der Waals surface area contributed by atoms with Gasteiger partial charge in [-0.25, -0.2) is 0 Å². The summed E-state index contributed by atoms with van der Waals surface area (Å²) in [6.07, 6.45) is 0. The Hall–Kier alpha value is -0.440. The maximum Gasteiger partial charge on any atom is 0.0612 e. The second-order valence-corrected chi connectivity index (χ2v) is 5.09. The SMILES string of the molecule is CCN(CCNc1ccc(Cl)c(Cl)c1)C(C)C. The molecule has 0 heterocycles. The minimum absolute atomic E-state index is 0.579. The highest BCUT2D eigenvalue weighted by Gasteiger charge is 2.06. The largest absolute Gasteiger partial charge is 0.384 e.